The third-order valence-corrected chi connectivity index (χ3v) is 5.01. The van der Waals surface area contributed by atoms with Crippen LogP contribution in [-0.4, -0.2) is 44.3 Å². The highest BCUT2D eigenvalue weighted by Crippen LogP contribution is 2.29. The van der Waals surface area contributed by atoms with E-state index in [1.165, 1.54) is 25.9 Å². The zero-order valence-corrected chi connectivity index (χ0v) is 13.7. The van der Waals surface area contributed by atoms with Crippen molar-refractivity contribution in [2.45, 2.75) is 71.0 Å². The van der Waals surface area contributed by atoms with E-state index in [0.717, 1.165) is 31.6 Å². The van der Waals surface area contributed by atoms with Gasteiger partial charge in [-0.05, 0) is 45.7 Å². The fourth-order valence-corrected chi connectivity index (χ4v) is 3.40. The molecule has 1 saturated heterocycles. The van der Waals surface area contributed by atoms with E-state index in [-0.39, 0.29) is 11.6 Å². The molecular formula is C15H30N6. The predicted octanol–water partition coefficient (Wildman–Crippen LogP) is 1.33. The summed E-state index contributed by atoms with van der Waals surface area (Å²) in [6.07, 6.45) is 7.19. The van der Waals surface area contributed by atoms with E-state index in [9.17, 15) is 0 Å². The van der Waals surface area contributed by atoms with Crippen LogP contribution in [0.3, 0.4) is 0 Å². The zero-order valence-electron chi connectivity index (χ0n) is 13.7. The maximum absolute atomic E-state index is 5.91. The molecule has 0 saturated carbocycles. The second kappa shape index (κ2) is 7.33. The number of hydrogen-bond acceptors (Lipinski definition) is 5. The summed E-state index contributed by atoms with van der Waals surface area (Å²) >= 11 is 0. The topological polar surface area (TPSA) is 72.0 Å². The predicted molar refractivity (Wildman–Crippen MR) is 84.6 cm³/mol. The summed E-state index contributed by atoms with van der Waals surface area (Å²) < 4.78 is 2.00. The maximum Gasteiger partial charge on any atom is 0.138 e. The molecule has 1 aliphatic rings. The molecule has 6 heteroatoms. The largest absolute Gasteiger partial charge is 0.296 e. The van der Waals surface area contributed by atoms with Gasteiger partial charge in [0.1, 0.15) is 12.2 Å². The van der Waals surface area contributed by atoms with Gasteiger partial charge in [-0.2, -0.15) is 5.10 Å². The first-order valence-electron chi connectivity index (χ1n) is 8.23. The highest BCUT2D eigenvalue weighted by atomic mass is 15.3. The van der Waals surface area contributed by atoms with Crippen LogP contribution in [0.2, 0.25) is 0 Å². The number of rotatable bonds is 8. The van der Waals surface area contributed by atoms with Gasteiger partial charge in [0.25, 0.3) is 0 Å². The van der Waals surface area contributed by atoms with Crippen LogP contribution in [0.25, 0.3) is 0 Å². The Bertz CT molecular complexity index is 426. The Morgan fingerprint density at radius 2 is 2.10 bits per heavy atom. The normalized spacial score (nSPS) is 20.6. The first kappa shape index (κ1) is 16.4. The quantitative estimate of drug-likeness (QED) is 0.559. The lowest BCUT2D eigenvalue weighted by atomic mass is 9.85. The van der Waals surface area contributed by atoms with Gasteiger partial charge < -0.3 is 0 Å². The lowest BCUT2D eigenvalue weighted by Crippen LogP contribution is -2.61. The van der Waals surface area contributed by atoms with Crippen LogP contribution in [0.15, 0.2) is 6.33 Å². The van der Waals surface area contributed by atoms with Crippen molar-refractivity contribution < 1.29 is 0 Å². The molecule has 1 aliphatic heterocycles. The van der Waals surface area contributed by atoms with Gasteiger partial charge in [0.05, 0.1) is 0 Å². The fraction of sp³-hybridized carbons (Fsp3) is 0.867. The van der Waals surface area contributed by atoms with E-state index in [4.69, 9.17) is 5.84 Å². The smallest absolute Gasteiger partial charge is 0.138 e. The molecule has 2 atom stereocenters. The van der Waals surface area contributed by atoms with Crippen LogP contribution in [0.1, 0.15) is 52.3 Å². The second-order valence-corrected chi connectivity index (χ2v) is 6.23. The Balaban J connectivity index is 2.15. The van der Waals surface area contributed by atoms with E-state index in [0.29, 0.717) is 0 Å². The summed E-state index contributed by atoms with van der Waals surface area (Å²) in [5, 5.41) is 4.32. The molecule has 2 heterocycles. The van der Waals surface area contributed by atoms with Gasteiger partial charge in [-0.25, -0.2) is 4.98 Å². The average Bonchev–Trinajstić information content (AvgIpc) is 3.16. The van der Waals surface area contributed by atoms with Gasteiger partial charge in [-0.3, -0.25) is 20.9 Å². The standard InChI is InChI=1S/C15H30N6/c1-4-8-21-14(17-12-18-21)11-13(19-16)15(3,5-2)20-9-6-7-10-20/h12-13,19H,4-11,16H2,1-3H3. The molecule has 0 aromatic carbocycles. The van der Waals surface area contributed by atoms with Crippen molar-refractivity contribution >= 4 is 0 Å². The number of aryl methyl sites for hydroxylation is 1. The van der Waals surface area contributed by atoms with Gasteiger partial charge in [0.2, 0.25) is 0 Å². The molecule has 2 unspecified atom stereocenters. The minimum atomic E-state index is 0.0637. The highest BCUT2D eigenvalue weighted by Gasteiger charge is 2.39. The van der Waals surface area contributed by atoms with Crippen molar-refractivity contribution in [1.29, 1.82) is 0 Å². The molecule has 3 N–H and O–H groups in total. The lowest BCUT2D eigenvalue weighted by Gasteiger charge is -2.44. The monoisotopic (exact) mass is 294 g/mol. The number of hydrogen-bond donors (Lipinski definition) is 2. The molecule has 21 heavy (non-hydrogen) atoms. The Hall–Kier alpha value is -0.980. The van der Waals surface area contributed by atoms with Gasteiger partial charge in [0.15, 0.2) is 0 Å². The summed E-state index contributed by atoms with van der Waals surface area (Å²) in [7, 11) is 0. The maximum atomic E-state index is 5.91. The number of nitrogens with zero attached hydrogens (tertiary/aromatic N) is 4. The Morgan fingerprint density at radius 1 is 1.38 bits per heavy atom. The van der Waals surface area contributed by atoms with Crippen molar-refractivity contribution in [3.05, 3.63) is 12.2 Å². The third-order valence-electron chi connectivity index (χ3n) is 5.01. The van der Waals surface area contributed by atoms with Crippen LogP contribution in [0, 0.1) is 0 Å². The molecular weight excluding hydrogens is 264 g/mol. The molecule has 1 fully saturated rings. The summed E-state index contributed by atoms with van der Waals surface area (Å²) in [5.74, 6) is 6.94. The van der Waals surface area contributed by atoms with Gasteiger partial charge in [0, 0.05) is 24.5 Å². The number of aromatic nitrogens is 3. The zero-order chi connectivity index (χ0) is 15.3. The minimum Gasteiger partial charge on any atom is -0.296 e. The fourth-order valence-electron chi connectivity index (χ4n) is 3.40. The molecule has 1 aromatic rings. The third kappa shape index (κ3) is 3.44. The van der Waals surface area contributed by atoms with Crippen molar-refractivity contribution in [1.82, 2.24) is 25.1 Å². The van der Waals surface area contributed by atoms with Crippen LogP contribution >= 0.6 is 0 Å². The number of hydrazine groups is 1. The van der Waals surface area contributed by atoms with E-state index in [2.05, 4.69) is 41.2 Å². The molecule has 1 aromatic heterocycles. The van der Waals surface area contributed by atoms with Crippen molar-refractivity contribution in [2.75, 3.05) is 13.1 Å². The first-order valence-corrected chi connectivity index (χ1v) is 8.23. The van der Waals surface area contributed by atoms with Gasteiger partial charge in [-0.1, -0.05) is 13.8 Å². The van der Waals surface area contributed by atoms with Crippen molar-refractivity contribution in [2.24, 2.45) is 5.84 Å². The average molecular weight is 294 g/mol. The molecule has 0 spiro atoms. The van der Waals surface area contributed by atoms with Crippen LogP contribution < -0.4 is 11.3 Å². The van der Waals surface area contributed by atoms with Crippen LogP contribution in [0.5, 0.6) is 0 Å². The number of nitrogens with two attached hydrogens (primary N) is 1. The summed E-state index contributed by atoms with van der Waals surface area (Å²) in [5.41, 5.74) is 3.12. The lowest BCUT2D eigenvalue weighted by molar-refractivity contribution is 0.0827. The molecule has 120 valence electrons. The van der Waals surface area contributed by atoms with E-state index >= 15 is 0 Å². The Kier molecular flexibility index (Phi) is 5.72. The van der Waals surface area contributed by atoms with E-state index < -0.39 is 0 Å². The van der Waals surface area contributed by atoms with Crippen molar-refractivity contribution in [3.63, 3.8) is 0 Å². The first-order chi connectivity index (χ1) is 10.2. The molecule has 0 bridgehead atoms. The minimum absolute atomic E-state index is 0.0637. The van der Waals surface area contributed by atoms with Crippen molar-refractivity contribution in [3.8, 4) is 0 Å². The summed E-state index contributed by atoms with van der Waals surface area (Å²) in [6, 6.07) is 0.181. The summed E-state index contributed by atoms with van der Waals surface area (Å²) in [4.78, 5) is 7.02. The van der Waals surface area contributed by atoms with E-state index in [1.807, 2.05) is 4.68 Å². The molecule has 0 amide bonds. The number of likely N-dealkylation sites (tertiary alicyclic amines) is 1. The summed E-state index contributed by atoms with van der Waals surface area (Å²) in [6.45, 7) is 9.99. The SMILES string of the molecule is CCCn1ncnc1CC(NN)C(C)(CC)N1CCCC1. The highest BCUT2D eigenvalue weighted by molar-refractivity contribution is 5.02. The van der Waals surface area contributed by atoms with Crippen LogP contribution in [-0.2, 0) is 13.0 Å². The van der Waals surface area contributed by atoms with Gasteiger partial charge >= 0.3 is 0 Å². The van der Waals surface area contributed by atoms with Gasteiger partial charge in [-0.15, -0.1) is 0 Å². The van der Waals surface area contributed by atoms with E-state index in [1.54, 1.807) is 6.33 Å². The molecule has 0 radical (unpaired) electrons. The Morgan fingerprint density at radius 3 is 2.67 bits per heavy atom. The Labute approximate surface area is 128 Å². The molecule has 2 rings (SSSR count). The number of nitrogens with one attached hydrogen (secondary N) is 1. The molecule has 0 aliphatic carbocycles. The second-order valence-electron chi connectivity index (χ2n) is 6.23. The molecule has 6 nitrogen and oxygen atoms in total. The van der Waals surface area contributed by atoms with Crippen LogP contribution in [0.4, 0.5) is 0 Å².